The molecule has 0 saturated carbocycles. The molecule has 1 aromatic heterocycles. The second-order valence-electron chi connectivity index (χ2n) is 3.67. The number of hydrogen-bond acceptors (Lipinski definition) is 3. The van der Waals surface area contributed by atoms with Gasteiger partial charge in [-0.2, -0.15) is 0 Å². The molecule has 1 unspecified atom stereocenters. The zero-order valence-electron chi connectivity index (χ0n) is 9.32. The molecule has 2 N–H and O–H groups in total. The van der Waals surface area contributed by atoms with Gasteiger partial charge < -0.3 is 10.4 Å². The van der Waals surface area contributed by atoms with Crippen LogP contribution in [0.25, 0.3) is 0 Å². The van der Waals surface area contributed by atoms with Gasteiger partial charge in [-0.05, 0) is 31.5 Å². The smallest absolute Gasteiger partial charge is 0.0549 e. The average molecular weight is 208 g/mol. The lowest BCUT2D eigenvalue weighted by Gasteiger charge is -2.08. The molecule has 15 heavy (non-hydrogen) atoms. The van der Waals surface area contributed by atoms with Crippen LogP contribution >= 0.6 is 0 Å². The Morgan fingerprint density at radius 1 is 1.40 bits per heavy atom. The van der Waals surface area contributed by atoms with E-state index in [9.17, 15) is 5.11 Å². The van der Waals surface area contributed by atoms with Gasteiger partial charge >= 0.3 is 0 Å². The van der Waals surface area contributed by atoms with E-state index in [1.807, 2.05) is 31.3 Å². The van der Waals surface area contributed by atoms with Crippen molar-refractivity contribution in [3.63, 3.8) is 0 Å². The monoisotopic (exact) mass is 208 g/mol. The second-order valence-corrected chi connectivity index (χ2v) is 3.67. The summed E-state index contributed by atoms with van der Waals surface area (Å²) < 4.78 is 0. The topological polar surface area (TPSA) is 45.1 Å². The highest BCUT2D eigenvalue weighted by atomic mass is 16.3. The number of rotatable bonds is 7. The van der Waals surface area contributed by atoms with E-state index in [1.54, 1.807) is 0 Å². The van der Waals surface area contributed by atoms with Crippen molar-refractivity contribution in [3.8, 4) is 0 Å². The van der Waals surface area contributed by atoms with Gasteiger partial charge in [0.2, 0.25) is 0 Å². The van der Waals surface area contributed by atoms with Crippen LogP contribution in [-0.2, 0) is 6.42 Å². The van der Waals surface area contributed by atoms with E-state index >= 15 is 0 Å². The van der Waals surface area contributed by atoms with E-state index in [1.165, 1.54) is 0 Å². The van der Waals surface area contributed by atoms with Crippen molar-refractivity contribution in [2.45, 2.75) is 32.3 Å². The maximum absolute atomic E-state index is 9.32. The summed E-state index contributed by atoms with van der Waals surface area (Å²) in [5.74, 6) is 0. The van der Waals surface area contributed by atoms with Crippen molar-refractivity contribution in [2.24, 2.45) is 0 Å². The second kappa shape index (κ2) is 7.37. The summed E-state index contributed by atoms with van der Waals surface area (Å²) in [5.41, 5.74) is 1.11. The first-order valence-corrected chi connectivity index (χ1v) is 5.61. The lowest BCUT2D eigenvalue weighted by molar-refractivity contribution is 0.160. The fourth-order valence-electron chi connectivity index (χ4n) is 1.36. The van der Waals surface area contributed by atoms with Gasteiger partial charge in [0.05, 0.1) is 6.10 Å². The Morgan fingerprint density at radius 2 is 2.27 bits per heavy atom. The van der Waals surface area contributed by atoms with Crippen LogP contribution in [0.2, 0.25) is 0 Å². The summed E-state index contributed by atoms with van der Waals surface area (Å²) in [6, 6.07) is 5.96. The average Bonchev–Trinajstić information content (AvgIpc) is 2.29. The van der Waals surface area contributed by atoms with Crippen LogP contribution in [0, 0.1) is 0 Å². The molecule has 1 aromatic rings. The number of hydrogen-bond donors (Lipinski definition) is 2. The third kappa shape index (κ3) is 5.50. The first-order chi connectivity index (χ1) is 7.33. The molecule has 3 nitrogen and oxygen atoms in total. The summed E-state index contributed by atoms with van der Waals surface area (Å²) in [6.07, 6.45) is 4.27. The third-order valence-corrected chi connectivity index (χ3v) is 2.41. The predicted molar refractivity (Wildman–Crippen MR) is 61.7 cm³/mol. The predicted octanol–water partition coefficient (Wildman–Crippen LogP) is 1.37. The van der Waals surface area contributed by atoms with E-state index in [0.29, 0.717) is 0 Å². The summed E-state index contributed by atoms with van der Waals surface area (Å²) in [7, 11) is 0. The molecule has 1 rings (SSSR count). The van der Waals surface area contributed by atoms with Crippen LogP contribution in [0.1, 0.15) is 25.5 Å². The van der Waals surface area contributed by atoms with Crippen LogP contribution in [-0.4, -0.2) is 29.3 Å². The lowest BCUT2D eigenvalue weighted by Crippen LogP contribution is -2.22. The number of pyridine rings is 1. The van der Waals surface area contributed by atoms with Gasteiger partial charge in [0.1, 0.15) is 0 Å². The minimum atomic E-state index is -0.160. The Labute approximate surface area is 91.5 Å². The fraction of sp³-hybridized carbons (Fsp3) is 0.583. The number of nitrogens with zero attached hydrogens (tertiary/aromatic N) is 1. The van der Waals surface area contributed by atoms with Crippen molar-refractivity contribution in [2.75, 3.05) is 13.1 Å². The molecular formula is C12H20N2O. The highest BCUT2D eigenvalue weighted by molar-refractivity contribution is 5.03. The zero-order valence-corrected chi connectivity index (χ0v) is 9.32. The molecule has 0 amide bonds. The van der Waals surface area contributed by atoms with Crippen molar-refractivity contribution in [1.29, 1.82) is 0 Å². The molecule has 1 heterocycles. The molecule has 0 aromatic carbocycles. The Balaban J connectivity index is 2.03. The molecule has 0 radical (unpaired) electrons. The molecule has 0 bridgehead atoms. The van der Waals surface area contributed by atoms with Gasteiger partial charge in [0, 0.05) is 24.9 Å². The first kappa shape index (κ1) is 12.1. The quantitative estimate of drug-likeness (QED) is 0.665. The van der Waals surface area contributed by atoms with Crippen LogP contribution in [0.3, 0.4) is 0 Å². The molecule has 0 aliphatic heterocycles. The molecule has 0 aliphatic rings. The van der Waals surface area contributed by atoms with Gasteiger partial charge in [-0.1, -0.05) is 13.0 Å². The molecule has 3 heteroatoms. The number of aliphatic hydroxyl groups is 1. The number of aromatic nitrogens is 1. The van der Waals surface area contributed by atoms with Gasteiger partial charge in [-0.25, -0.2) is 0 Å². The third-order valence-electron chi connectivity index (χ3n) is 2.41. The largest absolute Gasteiger partial charge is 0.393 e. The highest BCUT2D eigenvalue weighted by Gasteiger charge is 1.99. The lowest BCUT2D eigenvalue weighted by atomic mass is 10.2. The van der Waals surface area contributed by atoms with E-state index in [0.717, 1.165) is 38.0 Å². The fourth-order valence-corrected chi connectivity index (χ4v) is 1.36. The summed E-state index contributed by atoms with van der Waals surface area (Å²) >= 11 is 0. The zero-order chi connectivity index (χ0) is 10.9. The van der Waals surface area contributed by atoms with Gasteiger partial charge in [0.15, 0.2) is 0 Å². The Hall–Kier alpha value is -0.930. The molecule has 0 aliphatic carbocycles. The van der Waals surface area contributed by atoms with Crippen molar-refractivity contribution in [1.82, 2.24) is 10.3 Å². The molecule has 1 atom stereocenters. The van der Waals surface area contributed by atoms with Crippen molar-refractivity contribution >= 4 is 0 Å². The van der Waals surface area contributed by atoms with E-state index < -0.39 is 0 Å². The summed E-state index contributed by atoms with van der Waals surface area (Å²) in [4.78, 5) is 4.24. The van der Waals surface area contributed by atoms with Crippen LogP contribution in [0.15, 0.2) is 24.4 Å². The van der Waals surface area contributed by atoms with Gasteiger partial charge in [-0.15, -0.1) is 0 Å². The molecule has 0 saturated heterocycles. The number of nitrogens with one attached hydrogen (secondary N) is 1. The first-order valence-electron chi connectivity index (χ1n) is 5.61. The Bertz CT molecular complexity index is 251. The van der Waals surface area contributed by atoms with E-state index in [2.05, 4.69) is 10.3 Å². The maximum atomic E-state index is 9.32. The Morgan fingerprint density at radius 3 is 2.93 bits per heavy atom. The van der Waals surface area contributed by atoms with Gasteiger partial charge in [0.25, 0.3) is 0 Å². The Kier molecular flexibility index (Phi) is 5.97. The SMILES string of the molecule is CCC(O)CCNCCc1ccccn1. The van der Waals surface area contributed by atoms with Crippen LogP contribution in [0.4, 0.5) is 0 Å². The molecular weight excluding hydrogens is 188 g/mol. The van der Waals surface area contributed by atoms with Crippen LogP contribution < -0.4 is 5.32 Å². The highest BCUT2D eigenvalue weighted by Crippen LogP contribution is 1.95. The summed E-state index contributed by atoms with van der Waals surface area (Å²) in [5, 5.41) is 12.6. The molecule has 0 fully saturated rings. The molecule has 84 valence electrons. The maximum Gasteiger partial charge on any atom is 0.0549 e. The van der Waals surface area contributed by atoms with E-state index in [-0.39, 0.29) is 6.10 Å². The standard InChI is InChI=1S/C12H20N2O/c1-2-12(15)7-10-13-9-6-11-5-3-4-8-14-11/h3-5,8,12-13,15H,2,6-7,9-10H2,1H3. The minimum absolute atomic E-state index is 0.160. The summed E-state index contributed by atoms with van der Waals surface area (Å²) in [6.45, 7) is 3.80. The van der Waals surface area contributed by atoms with Crippen LogP contribution in [0.5, 0.6) is 0 Å². The molecule has 0 spiro atoms. The van der Waals surface area contributed by atoms with Crippen molar-refractivity contribution in [3.05, 3.63) is 30.1 Å². The van der Waals surface area contributed by atoms with Crippen molar-refractivity contribution < 1.29 is 5.11 Å². The normalized spacial score (nSPS) is 12.7. The number of aliphatic hydroxyl groups excluding tert-OH is 1. The van der Waals surface area contributed by atoms with E-state index in [4.69, 9.17) is 0 Å². The minimum Gasteiger partial charge on any atom is -0.393 e. The van der Waals surface area contributed by atoms with Gasteiger partial charge in [-0.3, -0.25) is 4.98 Å².